The predicted molar refractivity (Wildman–Crippen MR) is 76.3 cm³/mol. The van der Waals surface area contributed by atoms with E-state index in [9.17, 15) is 4.79 Å². The van der Waals surface area contributed by atoms with E-state index in [1.54, 1.807) is 4.90 Å². The summed E-state index contributed by atoms with van der Waals surface area (Å²) in [6.07, 6.45) is 1.29. The summed E-state index contributed by atoms with van der Waals surface area (Å²) in [5, 5.41) is 0. The monoisotopic (exact) mass is 262 g/mol. The highest BCUT2D eigenvalue weighted by molar-refractivity contribution is 5.89. The van der Waals surface area contributed by atoms with Crippen LogP contribution in [-0.4, -0.2) is 24.3 Å². The van der Waals surface area contributed by atoms with Gasteiger partial charge < -0.3 is 10.5 Å². The second-order valence-corrected chi connectivity index (χ2v) is 6.01. The van der Waals surface area contributed by atoms with Crippen LogP contribution in [-0.2, 0) is 11.2 Å². The summed E-state index contributed by atoms with van der Waals surface area (Å²) in [6, 6.07) is 7.99. The lowest BCUT2D eigenvalue weighted by atomic mass is 10.0. The number of benzene rings is 1. The van der Waals surface area contributed by atoms with Crippen LogP contribution < -0.4 is 10.6 Å². The van der Waals surface area contributed by atoms with Gasteiger partial charge in [0.1, 0.15) is 5.60 Å². The highest BCUT2D eigenvalue weighted by Gasteiger charge is 2.27. The molecule has 4 nitrogen and oxygen atoms in total. The quantitative estimate of drug-likeness (QED) is 0.782. The van der Waals surface area contributed by atoms with Gasteiger partial charge in [-0.15, -0.1) is 0 Å². The number of amides is 1. The zero-order valence-electron chi connectivity index (χ0n) is 11.8. The van der Waals surface area contributed by atoms with E-state index in [2.05, 4.69) is 0 Å². The summed E-state index contributed by atoms with van der Waals surface area (Å²) < 4.78 is 5.47. The molecule has 19 heavy (non-hydrogen) atoms. The maximum atomic E-state index is 12.3. The normalized spacial score (nSPS) is 19.6. The molecule has 1 atom stereocenters. The maximum absolute atomic E-state index is 12.3. The van der Waals surface area contributed by atoms with Crippen LogP contribution in [0.5, 0.6) is 0 Å². The molecule has 4 heteroatoms. The van der Waals surface area contributed by atoms with Crippen molar-refractivity contribution in [3.63, 3.8) is 0 Å². The minimum absolute atomic E-state index is 0.0913. The highest BCUT2D eigenvalue weighted by atomic mass is 16.6. The summed E-state index contributed by atoms with van der Waals surface area (Å²) >= 11 is 0. The third-order valence-electron chi connectivity index (χ3n) is 3.10. The molecule has 0 aromatic heterocycles. The Kier molecular flexibility index (Phi) is 3.80. The number of rotatable bonds is 0. The lowest BCUT2D eigenvalue weighted by Crippen LogP contribution is -2.38. The van der Waals surface area contributed by atoms with Crippen molar-refractivity contribution in [2.24, 2.45) is 5.73 Å². The Bertz CT molecular complexity index is 465. The van der Waals surface area contributed by atoms with Crippen molar-refractivity contribution in [2.45, 2.75) is 45.3 Å². The zero-order chi connectivity index (χ0) is 14.0. The van der Waals surface area contributed by atoms with Gasteiger partial charge in [0, 0.05) is 12.6 Å². The van der Waals surface area contributed by atoms with E-state index >= 15 is 0 Å². The van der Waals surface area contributed by atoms with Gasteiger partial charge in [-0.1, -0.05) is 18.2 Å². The number of carbonyl (C=O) groups excluding carboxylic acids is 1. The standard InChI is InChI=1S/C15H22N2O2/c1-15(2,3)19-14(18)17-9-8-12(16)10-11-6-4-5-7-13(11)17/h4-7,12H,8-10,16H2,1-3H3. The van der Waals surface area contributed by atoms with Crippen molar-refractivity contribution in [3.8, 4) is 0 Å². The average molecular weight is 262 g/mol. The smallest absolute Gasteiger partial charge is 0.414 e. The van der Waals surface area contributed by atoms with Crippen LogP contribution in [0.1, 0.15) is 32.8 Å². The van der Waals surface area contributed by atoms with Gasteiger partial charge >= 0.3 is 6.09 Å². The summed E-state index contributed by atoms with van der Waals surface area (Å²) in [6.45, 7) is 6.23. The molecule has 104 valence electrons. The molecule has 0 aliphatic carbocycles. The fraction of sp³-hybridized carbons (Fsp3) is 0.533. The number of nitrogens with two attached hydrogens (primary N) is 1. The van der Waals surface area contributed by atoms with Gasteiger partial charge in [-0.3, -0.25) is 4.90 Å². The Labute approximate surface area is 114 Å². The molecule has 0 fully saturated rings. The SMILES string of the molecule is CC(C)(C)OC(=O)N1CCC(N)Cc2ccccc21. The molecular weight excluding hydrogens is 240 g/mol. The number of hydrogen-bond acceptors (Lipinski definition) is 3. The van der Waals surface area contributed by atoms with Gasteiger partial charge in [-0.2, -0.15) is 0 Å². The molecule has 1 aromatic rings. The number of para-hydroxylation sites is 1. The molecule has 0 saturated carbocycles. The van der Waals surface area contributed by atoms with E-state index in [4.69, 9.17) is 10.5 Å². The van der Waals surface area contributed by atoms with Gasteiger partial charge in [-0.25, -0.2) is 4.79 Å². The average Bonchev–Trinajstić information content (AvgIpc) is 2.45. The molecule has 1 heterocycles. The van der Waals surface area contributed by atoms with Crippen molar-refractivity contribution >= 4 is 11.8 Å². The van der Waals surface area contributed by atoms with Crippen molar-refractivity contribution < 1.29 is 9.53 Å². The number of anilines is 1. The van der Waals surface area contributed by atoms with E-state index in [1.165, 1.54) is 0 Å². The highest BCUT2D eigenvalue weighted by Crippen LogP contribution is 2.27. The second kappa shape index (κ2) is 5.21. The van der Waals surface area contributed by atoms with Crippen molar-refractivity contribution in [1.29, 1.82) is 0 Å². The summed E-state index contributed by atoms with van der Waals surface area (Å²) in [5.74, 6) is 0. The topological polar surface area (TPSA) is 55.6 Å². The number of ether oxygens (including phenoxy) is 1. The minimum Gasteiger partial charge on any atom is -0.443 e. The van der Waals surface area contributed by atoms with E-state index in [0.29, 0.717) is 6.54 Å². The van der Waals surface area contributed by atoms with Gasteiger partial charge in [0.25, 0.3) is 0 Å². The Morgan fingerprint density at radius 3 is 2.74 bits per heavy atom. The number of carbonyl (C=O) groups is 1. The molecule has 2 rings (SSSR count). The maximum Gasteiger partial charge on any atom is 0.414 e. The lowest BCUT2D eigenvalue weighted by Gasteiger charge is -2.27. The van der Waals surface area contributed by atoms with Gasteiger partial charge in [-0.05, 0) is 45.2 Å². The molecule has 1 amide bonds. The van der Waals surface area contributed by atoms with E-state index in [0.717, 1.165) is 24.1 Å². The summed E-state index contributed by atoms with van der Waals surface area (Å²) in [7, 11) is 0. The molecule has 0 radical (unpaired) electrons. The zero-order valence-corrected chi connectivity index (χ0v) is 11.8. The largest absolute Gasteiger partial charge is 0.443 e. The number of hydrogen-bond donors (Lipinski definition) is 1. The van der Waals surface area contributed by atoms with Crippen LogP contribution >= 0.6 is 0 Å². The molecule has 0 saturated heterocycles. The van der Waals surface area contributed by atoms with Crippen LogP contribution in [0.3, 0.4) is 0 Å². The Balaban J connectivity index is 2.28. The molecule has 0 spiro atoms. The third kappa shape index (κ3) is 3.47. The van der Waals surface area contributed by atoms with Crippen molar-refractivity contribution in [1.82, 2.24) is 0 Å². The van der Waals surface area contributed by atoms with Gasteiger partial charge in [0.05, 0.1) is 5.69 Å². The number of fused-ring (bicyclic) bond motifs is 1. The van der Waals surface area contributed by atoms with Crippen LogP contribution in [0.15, 0.2) is 24.3 Å². The minimum atomic E-state index is -0.486. The van der Waals surface area contributed by atoms with Gasteiger partial charge in [0.15, 0.2) is 0 Å². The molecule has 1 unspecified atom stereocenters. The molecule has 1 aliphatic heterocycles. The first-order chi connectivity index (χ1) is 8.87. The van der Waals surface area contributed by atoms with Crippen LogP contribution in [0.2, 0.25) is 0 Å². The first-order valence-corrected chi connectivity index (χ1v) is 6.71. The van der Waals surface area contributed by atoms with Crippen molar-refractivity contribution in [3.05, 3.63) is 29.8 Å². The third-order valence-corrected chi connectivity index (χ3v) is 3.10. The fourth-order valence-electron chi connectivity index (χ4n) is 2.25. The Morgan fingerprint density at radius 2 is 2.05 bits per heavy atom. The second-order valence-electron chi connectivity index (χ2n) is 6.01. The summed E-state index contributed by atoms with van der Waals surface area (Å²) in [5.41, 5.74) is 7.61. The molecule has 2 N–H and O–H groups in total. The fourth-order valence-corrected chi connectivity index (χ4v) is 2.25. The molecular formula is C15H22N2O2. The van der Waals surface area contributed by atoms with Crippen LogP contribution in [0, 0.1) is 0 Å². The van der Waals surface area contributed by atoms with E-state index < -0.39 is 5.60 Å². The molecule has 1 aliphatic rings. The predicted octanol–water partition coefficient (Wildman–Crippen LogP) is 2.70. The first kappa shape index (κ1) is 13.9. The van der Waals surface area contributed by atoms with Gasteiger partial charge in [0.2, 0.25) is 0 Å². The Hall–Kier alpha value is -1.55. The van der Waals surface area contributed by atoms with E-state index in [-0.39, 0.29) is 12.1 Å². The molecule has 1 aromatic carbocycles. The first-order valence-electron chi connectivity index (χ1n) is 6.71. The van der Waals surface area contributed by atoms with Crippen molar-refractivity contribution in [2.75, 3.05) is 11.4 Å². The lowest BCUT2D eigenvalue weighted by molar-refractivity contribution is 0.0580. The van der Waals surface area contributed by atoms with Crippen LogP contribution in [0.4, 0.5) is 10.5 Å². The molecule has 0 bridgehead atoms. The number of nitrogens with zero attached hydrogens (tertiary/aromatic N) is 1. The van der Waals surface area contributed by atoms with E-state index in [1.807, 2.05) is 45.0 Å². The van der Waals surface area contributed by atoms with Crippen LogP contribution in [0.25, 0.3) is 0 Å². The Morgan fingerprint density at radius 1 is 1.37 bits per heavy atom. The summed E-state index contributed by atoms with van der Waals surface area (Å²) in [4.78, 5) is 14.0.